The van der Waals surface area contributed by atoms with Crippen molar-refractivity contribution in [3.63, 3.8) is 0 Å². The smallest absolute Gasteiger partial charge is 0.265 e. The minimum atomic E-state index is -3.42. The molecular weight excluding hydrogens is 252 g/mol. The zero-order valence-electron chi connectivity index (χ0n) is 10.5. The molecule has 0 N–H and O–H groups in total. The van der Waals surface area contributed by atoms with Gasteiger partial charge in [0.05, 0.1) is 19.5 Å². The molecule has 0 aliphatic heterocycles. The van der Waals surface area contributed by atoms with Crippen molar-refractivity contribution in [2.45, 2.75) is 31.5 Å². The highest BCUT2D eigenvalue weighted by molar-refractivity contribution is 7.86. The van der Waals surface area contributed by atoms with E-state index in [1.165, 1.54) is 0 Å². The maximum absolute atomic E-state index is 11.2. The second-order valence-electron chi connectivity index (χ2n) is 4.80. The quantitative estimate of drug-likeness (QED) is 0.743. The zero-order valence-corrected chi connectivity index (χ0v) is 11.3. The molecule has 1 fully saturated rings. The number of hydrogen-bond acceptors (Lipinski definition) is 4. The third kappa shape index (κ3) is 3.80. The van der Waals surface area contributed by atoms with E-state index in [-0.39, 0.29) is 0 Å². The van der Waals surface area contributed by atoms with Crippen molar-refractivity contribution in [3.8, 4) is 0 Å². The minimum absolute atomic E-state index is 0.328. The first-order valence-electron chi connectivity index (χ1n) is 6.01. The molecule has 0 atom stereocenters. The predicted molar refractivity (Wildman–Crippen MR) is 68.6 cm³/mol. The van der Waals surface area contributed by atoms with Crippen LogP contribution in [0.15, 0.2) is 30.3 Å². The highest BCUT2D eigenvalue weighted by atomic mass is 32.2. The van der Waals surface area contributed by atoms with Gasteiger partial charge in [0.25, 0.3) is 10.1 Å². The van der Waals surface area contributed by atoms with Gasteiger partial charge in [0.2, 0.25) is 0 Å². The van der Waals surface area contributed by atoms with Crippen molar-refractivity contribution in [1.29, 1.82) is 0 Å². The van der Waals surface area contributed by atoms with Crippen molar-refractivity contribution in [1.82, 2.24) is 0 Å². The van der Waals surface area contributed by atoms with Crippen LogP contribution < -0.4 is 0 Å². The number of hydrogen-bond donors (Lipinski definition) is 0. The Morgan fingerprint density at radius 3 is 2.39 bits per heavy atom. The summed E-state index contributed by atoms with van der Waals surface area (Å²) in [6, 6.07) is 9.80. The van der Waals surface area contributed by atoms with Gasteiger partial charge in [-0.3, -0.25) is 4.18 Å². The Labute approximate surface area is 108 Å². The monoisotopic (exact) mass is 270 g/mol. The fourth-order valence-corrected chi connectivity index (χ4v) is 2.93. The van der Waals surface area contributed by atoms with Crippen LogP contribution in [0.2, 0.25) is 0 Å². The molecule has 1 aliphatic rings. The van der Waals surface area contributed by atoms with Gasteiger partial charge in [0, 0.05) is 0 Å². The maximum atomic E-state index is 11.2. The maximum Gasteiger partial charge on any atom is 0.265 e. The van der Waals surface area contributed by atoms with Crippen molar-refractivity contribution in [2.75, 3.05) is 12.9 Å². The Morgan fingerprint density at radius 2 is 1.89 bits per heavy atom. The molecule has 0 aromatic heterocycles. The fraction of sp³-hybridized carbons (Fsp3) is 0.538. The predicted octanol–water partition coefficient (Wildman–Crippen LogP) is 2.10. The summed E-state index contributed by atoms with van der Waals surface area (Å²) in [6.07, 6.45) is 3.57. The van der Waals surface area contributed by atoms with Crippen molar-refractivity contribution < 1.29 is 17.3 Å². The second kappa shape index (κ2) is 5.38. The topological polar surface area (TPSA) is 52.6 Å². The molecule has 0 radical (unpaired) electrons. The third-order valence-electron chi connectivity index (χ3n) is 3.07. The summed E-state index contributed by atoms with van der Waals surface area (Å²) in [6.45, 7) is 0.810. The zero-order chi connectivity index (χ0) is 13.1. The normalized spacial score (nSPS) is 18.3. The molecule has 5 heteroatoms. The Balaban J connectivity index is 1.85. The van der Waals surface area contributed by atoms with Gasteiger partial charge in [-0.15, -0.1) is 0 Å². The van der Waals surface area contributed by atoms with E-state index < -0.39 is 15.7 Å². The lowest BCUT2D eigenvalue weighted by Crippen LogP contribution is -2.45. The molecule has 0 unspecified atom stereocenters. The van der Waals surface area contributed by atoms with Crippen molar-refractivity contribution in [3.05, 3.63) is 35.9 Å². The van der Waals surface area contributed by atoms with Crippen LogP contribution in [0.5, 0.6) is 0 Å². The lowest BCUT2D eigenvalue weighted by atomic mass is 9.81. The summed E-state index contributed by atoms with van der Waals surface area (Å²) in [7, 11) is -3.42. The van der Waals surface area contributed by atoms with Gasteiger partial charge in [-0.1, -0.05) is 30.3 Å². The van der Waals surface area contributed by atoms with Gasteiger partial charge in [-0.25, -0.2) is 0 Å². The van der Waals surface area contributed by atoms with E-state index in [2.05, 4.69) is 0 Å². The van der Waals surface area contributed by atoms with E-state index in [0.29, 0.717) is 13.2 Å². The molecule has 1 aromatic rings. The molecule has 2 rings (SSSR count). The highest BCUT2D eigenvalue weighted by Crippen LogP contribution is 2.37. The molecule has 4 nitrogen and oxygen atoms in total. The van der Waals surface area contributed by atoms with Crippen LogP contribution >= 0.6 is 0 Å². The van der Waals surface area contributed by atoms with Crippen LogP contribution in [0.25, 0.3) is 0 Å². The number of benzene rings is 1. The highest BCUT2D eigenvalue weighted by Gasteiger charge is 2.41. The van der Waals surface area contributed by atoms with Gasteiger partial charge >= 0.3 is 0 Å². The fourth-order valence-electron chi connectivity index (χ4n) is 2.07. The number of rotatable bonds is 6. The lowest BCUT2D eigenvalue weighted by Gasteiger charge is -2.39. The van der Waals surface area contributed by atoms with Crippen molar-refractivity contribution >= 4 is 10.1 Å². The van der Waals surface area contributed by atoms with Crippen LogP contribution in [0.1, 0.15) is 24.8 Å². The lowest BCUT2D eigenvalue weighted by molar-refractivity contribution is -0.0765. The molecule has 0 bridgehead atoms. The third-order valence-corrected chi connectivity index (χ3v) is 3.73. The Hall–Kier alpha value is -0.910. The van der Waals surface area contributed by atoms with E-state index >= 15 is 0 Å². The van der Waals surface area contributed by atoms with Crippen LogP contribution in [-0.2, 0) is 25.6 Å². The van der Waals surface area contributed by atoms with Gasteiger partial charge in [-0.05, 0) is 24.8 Å². The summed E-state index contributed by atoms with van der Waals surface area (Å²) in [5.41, 5.74) is 0.453. The summed E-state index contributed by atoms with van der Waals surface area (Å²) < 4.78 is 33.1. The molecule has 0 heterocycles. The Bertz CT molecular complexity index is 477. The molecule has 18 heavy (non-hydrogen) atoms. The standard InChI is InChI=1S/C13H18O4S/c1-18(14,15)17-13(8-5-9-13)11-16-10-12-6-3-2-4-7-12/h2-4,6-7H,5,8-11H2,1H3. The van der Waals surface area contributed by atoms with E-state index in [9.17, 15) is 8.42 Å². The average molecular weight is 270 g/mol. The van der Waals surface area contributed by atoms with Crippen LogP contribution in [-0.4, -0.2) is 26.9 Å². The summed E-state index contributed by atoms with van der Waals surface area (Å²) in [5, 5.41) is 0. The molecule has 0 amide bonds. The van der Waals surface area contributed by atoms with Crippen LogP contribution in [0.4, 0.5) is 0 Å². The van der Waals surface area contributed by atoms with Crippen LogP contribution in [0, 0.1) is 0 Å². The molecule has 1 saturated carbocycles. The van der Waals surface area contributed by atoms with E-state index in [1.54, 1.807) is 0 Å². The molecule has 100 valence electrons. The summed E-state index contributed by atoms with van der Waals surface area (Å²) in [4.78, 5) is 0. The first-order valence-corrected chi connectivity index (χ1v) is 7.83. The largest absolute Gasteiger partial charge is 0.374 e. The van der Waals surface area contributed by atoms with E-state index in [0.717, 1.165) is 31.1 Å². The minimum Gasteiger partial charge on any atom is -0.374 e. The molecule has 0 spiro atoms. The summed E-state index contributed by atoms with van der Waals surface area (Å²) >= 11 is 0. The molecule has 1 aliphatic carbocycles. The first-order chi connectivity index (χ1) is 8.49. The SMILES string of the molecule is CS(=O)(=O)OC1(COCc2ccccc2)CCC1. The van der Waals surface area contributed by atoms with Gasteiger partial charge in [0.15, 0.2) is 0 Å². The Morgan fingerprint density at radius 1 is 1.22 bits per heavy atom. The van der Waals surface area contributed by atoms with E-state index in [4.69, 9.17) is 8.92 Å². The first kappa shape index (κ1) is 13.5. The molecule has 0 saturated heterocycles. The average Bonchev–Trinajstić information content (AvgIpc) is 2.25. The Kier molecular flexibility index (Phi) is 4.04. The molecule has 1 aromatic carbocycles. The number of ether oxygens (including phenoxy) is 1. The second-order valence-corrected chi connectivity index (χ2v) is 6.38. The summed E-state index contributed by atoms with van der Waals surface area (Å²) in [5.74, 6) is 0. The van der Waals surface area contributed by atoms with Gasteiger partial charge < -0.3 is 4.74 Å². The van der Waals surface area contributed by atoms with Gasteiger partial charge in [0.1, 0.15) is 5.60 Å². The molecular formula is C13H18O4S. The van der Waals surface area contributed by atoms with Crippen molar-refractivity contribution in [2.24, 2.45) is 0 Å². The van der Waals surface area contributed by atoms with Crippen LogP contribution in [0.3, 0.4) is 0 Å². The van der Waals surface area contributed by atoms with Gasteiger partial charge in [-0.2, -0.15) is 8.42 Å². The van der Waals surface area contributed by atoms with E-state index in [1.807, 2.05) is 30.3 Å².